The zero-order valence-electron chi connectivity index (χ0n) is 18.9. The number of ether oxygens (including phenoxy) is 2. The van der Waals surface area contributed by atoms with E-state index in [1.807, 2.05) is 0 Å². The van der Waals surface area contributed by atoms with E-state index in [0.29, 0.717) is 42.1 Å². The van der Waals surface area contributed by atoms with Crippen LogP contribution in [0.4, 0.5) is 14.9 Å². The standard InChI is InChI=1S/C24H28FN5O4/c1-33-17-8-6-16(7-9-17)26-24(32)27-21-11-10-18(34-23(21)15-31)12-13-30-14-22(28-29-30)19-4-2-3-5-20(19)25/h2-9,14,18,21,23,31H,10-13,15H2,1H3,(H2,26,27,32)/t18-,21-,23-/m1/s1. The lowest BCUT2D eigenvalue weighted by Gasteiger charge is -2.36. The predicted molar refractivity (Wildman–Crippen MR) is 124 cm³/mol. The molecule has 180 valence electrons. The molecule has 0 aliphatic carbocycles. The van der Waals surface area contributed by atoms with Crippen LogP contribution in [0, 0.1) is 5.82 Å². The summed E-state index contributed by atoms with van der Waals surface area (Å²) in [7, 11) is 1.58. The van der Waals surface area contributed by atoms with Gasteiger partial charge in [-0.05, 0) is 55.7 Å². The Morgan fingerprint density at radius 3 is 2.76 bits per heavy atom. The van der Waals surface area contributed by atoms with Crippen LogP contribution in [-0.2, 0) is 11.3 Å². The van der Waals surface area contributed by atoms with E-state index in [1.54, 1.807) is 60.5 Å². The Balaban J connectivity index is 1.26. The van der Waals surface area contributed by atoms with E-state index >= 15 is 0 Å². The highest BCUT2D eigenvalue weighted by Crippen LogP contribution is 2.24. The summed E-state index contributed by atoms with van der Waals surface area (Å²) in [5.41, 5.74) is 1.52. The molecule has 0 bridgehead atoms. The number of halogens is 1. The first-order valence-corrected chi connectivity index (χ1v) is 11.2. The zero-order chi connectivity index (χ0) is 23.9. The topological polar surface area (TPSA) is 111 Å². The lowest BCUT2D eigenvalue weighted by atomic mass is 9.97. The van der Waals surface area contributed by atoms with Crippen LogP contribution in [0.25, 0.3) is 11.3 Å². The average Bonchev–Trinajstić information content (AvgIpc) is 3.33. The SMILES string of the molecule is COc1ccc(NC(=O)N[C@@H]2CC[C@H](CCn3cc(-c4ccccc4F)nn3)O[C@@H]2CO)cc1. The number of urea groups is 1. The van der Waals surface area contributed by atoms with Crippen LogP contribution in [0.2, 0.25) is 0 Å². The quantitative estimate of drug-likeness (QED) is 0.467. The molecule has 2 amide bonds. The van der Waals surface area contributed by atoms with Gasteiger partial charge in [0.15, 0.2) is 0 Å². The number of aliphatic hydroxyl groups is 1. The minimum atomic E-state index is -0.509. The van der Waals surface area contributed by atoms with Crippen LogP contribution < -0.4 is 15.4 Å². The summed E-state index contributed by atoms with van der Waals surface area (Å²) >= 11 is 0. The van der Waals surface area contributed by atoms with Crippen LogP contribution in [0.1, 0.15) is 19.3 Å². The van der Waals surface area contributed by atoms with E-state index in [-0.39, 0.29) is 30.6 Å². The van der Waals surface area contributed by atoms with Gasteiger partial charge in [0.05, 0.1) is 32.1 Å². The second-order valence-corrected chi connectivity index (χ2v) is 8.13. The van der Waals surface area contributed by atoms with Crippen LogP contribution in [-0.4, -0.2) is 58.1 Å². The van der Waals surface area contributed by atoms with Gasteiger partial charge in [-0.2, -0.15) is 0 Å². The maximum absolute atomic E-state index is 14.0. The summed E-state index contributed by atoms with van der Waals surface area (Å²) in [6, 6.07) is 12.8. The summed E-state index contributed by atoms with van der Waals surface area (Å²) in [6.07, 6.45) is 3.15. The highest BCUT2D eigenvalue weighted by Gasteiger charge is 2.32. The fraction of sp³-hybridized carbons (Fsp3) is 0.375. The van der Waals surface area contributed by atoms with Gasteiger partial charge >= 0.3 is 6.03 Å². The summed E-state index contributed by atoms with van der Waals surface area (Å²) < 4.78 is 26.8. The molecule has 1 aliphatic rings. The number of aromatic nitrogens is 3. The second-order valence-electron chi connectivity index (χ2n) is 8.13. The van der Waals surface area contributed by atoms with Gasteiger partial charge in [-0.3, -0.25) is 4.68 Å². The summed E-state index contributed by atoms with van der Waals surface area (Å²) in [5, 5.41) is 23.6. The molecule has 0 radical (unpaired) electrons. The fourth-order valence-electron chi connectivity index (χ4n) is 4.00. The minimum absolute atomic E-state index is 0.0963. The van der Waals surface area contributed by atoms with Crippen molar-refractivity contribution in [1.29, 1.82) is 0 Å². The molecule has 2 aromatic carbocycles. The molecule has 1 fully saturated rings. The number of methoxy groups -OCH3 is 1. The van der Waals surface area contributed by atoms with Crippen LogP contribution in [0.15, 0.2) is 54.7 Å². The number of nitrogens with zero attached hydrogens (tertiary/aromatic N) is 3. The van der Waals surface area contributed by atoms with Gasteiger partial charge in [-0.1, -0.05) is 17.3 Å². The average molecular weight is 470 g/mol. The van der Waals surface area contributed by atoms with Gasteiger partial charge in [-0.25, -0.2) is 9.18 Å². The molecule has 9 nitrogen and oxygen atoms in total. The third-order valence-electron chi connectivity index (χ3n) is 5.83. The van der Waals surface area contributed by atoms with Crippen LogP contribution in [0.5, 0.6) is 5.75 Å². The first kappa shape index (κ1) is 23.7. The van der Waals surface area contributed by atoms with Gasteiger partial charge in [0.2, 0.25) is 0 Å². The molecule has 3 aromatic rings. The molecule has 2 heterocycles. The third kappa shape index (κ3) is 5.89. The van der Waals surface area contributed by atoms with E-state index in [2.05, 4.69) is 20.9 Å². The summed E-state index contributed by atoms with van der Waals surface area (Å²) in [5.74, 6) is 0.359. The van der Waals surface area contributed by atoms with Gasteiger partial charge in [0, 0.05) is 17.8 Å². The Bertz CT molecular complexity index is 1090. The molecule has 1 saturated heterocycles. The maximum atomic E-state index is 14.0. The first-order valence-electron chi connectivity index (χ1n) is 11.2. The molecule has 4 rings (SSSR count). The third-order valence-corrected chi connectivity index (χ3v) is 5.83. The van der Waals surface area contributed by atoms with Crippen molar-refractivity contribution >= 4 is 11.7 Å². The van der Waals surface area contributed by atoms with Gasteiger partial charge in [-0.15, -0.1) is 5.10 Å². The van der Waals surface area contributed by atoms with Crippen molar-refractivity contribution in [3.05, 3.63) is 60.5 Å². The van der Waals surface area contributed by atoms with E-state index in [0.717, 1.165) is 6.42 Å². The van der Waals surface area contributed by atoms with Crippen LogP contribution >= 0.6 is 0 Å². The largest absolute Gasteiger partial charge is 0.497 e. The molecule has 0 saturated carbocycles. The van der Waals surface area contributed by atoms with Gasteiger partial charge in [0.1, 0.15) is 23.4 Å². The molecule has 10 heteroatoms. The molecule has 34 heavy (non-hydrogen) atoms. The first-order chi connectivity index (χ1) is 16.6. The Morgan fingerprint density at radius 1 is 1.24 bits per heavy atom. The fourth-order valence-corrected chi connectivity index (χ4v) is 4.00. The Morgan fingerprint density at radius 2 is 2.03 bits per heavy atom. The Kier molecular flexibility index (Phi) is 7.71. The number of hydrogen-bond donors (Lipinski definition) is 3. The lowest BCUT2D eigenvalue weighted by Crippen LogP contribution is -2.52. The molecule has 3 N–H and O–H groups in total. The number of anilines is 1. The normalized spacial score (nSPS) is 20.0. The number of benzene rings is 2. The van der Waals surface area contributed by atoms with E-state index in [4.69, 9.17) is 9.47 Å². The lowest BCUT2D eigenvalue weighted by molar-refractivity contribution is -0.0905. The van der Waals surface area contributed by atoms with Crippen molar-refractivity contribution in [3.8, 4) is 17.0 Å². The molecular formula is C24H28FN5O4. The molecule has 3 atom stereocenters. The molecule has 0 spiro atoms. The predicted octanol–water partition coefficient (Wildman–Crippen LogP) is 3.21. The second kappa shape index (κ2) is 11.1. The van der Waals surface area contributed by atoms with Crippen molar-refractivity contribution in [3.63, 3.8) is 0 Å². The van der Waals surface area contributed by atoms with Crippen molar-refractivity contribution in [2.45, 2.75) is 44.1 Å². The highest BCUT2D eigenvalue weighted by molar-refractivity contribution is 5.89. The van der Waals surface area contributed by atoms with Crippen molar-refractivity contribution < 1.29 is 23.8 Å². The number of aryl methyl sites for hydroxylation is 1. The van der Waals surface area contributed by atoms with Crippen molar-refractivity contribution in [2.24, 2.45) is 0 Å². The van der Waals surface area contributed by atoms with Crippen molar-refractivity contribution in [1.82, 2.24) is 20.3 Å². The van der Waals surface area contributed by atoms with E-state index in [9.17, 15) is 14.3 Å². The summed E-state index contributed by atoms with van der Waals surface area (Å²) in [4.78, 5) is 12.4. The summed E-state index contributed by atoms with van der Waals surface area (Å²) in [6.45, 7) is 0.338. The highest BCUT2D eigenvalue weighted by atomic mass is 19.1. The Labute approximate surface area is 196 Å². The zero-order valence-corrected chi connectivity index (χ0v) is 18.9. The van der Waals surface area contributed by atoms with E-state index < -0.39 is 6.10 Å². The number of aliphatic hydroxyl groups excluding tert-OH is 1. The maximum Gasteiger partial charge on any atom is 0.319 e. The monoisotopic (exact) mass is 469 g/mol. The Hall–Kier alpha value is -3.50. The molecule has 1 aromatic heterocycles. The number of hydrogen-bond acceptors (Lipinski definition) is 6. The minimum Gasteiger partial charge on any atom is -0.497 e. The number of rotatable bonds is 8. The van der Waals surface area contributed by atoms with Gasteiger partial charge < -0.3 is 25.2 Å². The van der Waals surface area contributed by atoms with E-state index in [1.165, 1.54) is 6.07 Å². The van der Waals surface area contributed by atoms with Crippen LogP contribution in [0.3, 0.4) is 0 Å². The smallest absolute Gasteiger partial charge is 0.319 e. The molecule has 0 unspecified atom stereocenters. The van der Waals surface area contributed by atoms with Gasteiger partial charge in [0.25, 0.3) is 0 Å². The number of nitrogens with one attached hydrogen (secondary N) is 2. The number of carbonyl (C=O) groups is 1. The molecule has 1 aliphatic heterocycles. The van der Waals surface area contributed by atoms with Crippen molar-refractivity contribution in [2.75, 3.05) is 19.0 Å². The number of amides is 2. The number of carbonyl (C=O) groups excluding carboxylic acids is 1. The molecular weight excluding hydrogens is 441 g/mol.